The van der Waals surface area contributed by atoms with E-state index in [0.29, 0.717) is 40.9 Å². The van der Waals surface area contributed by atoms with Crippen LogP contribution in [0.3, 0.4) is 0 Å². The molecule has 25 heavy (non-hydrogen) atoms. The molecule has 2 heterocycles. The number of hydrogen-bond acceptors (Lipinski definition) is 6. The Morgan fingerprint density at radius 2 is 2.12 bits per heavy atom. The fraction of sp³-hybridized carbons (Fsp3) is 0.611. The standard InChI is InChI=1S/C18H24N4O3/c1-2-25-18(24)13-8-19-17-16(20-9-21-17)15(13)22-14-10-4-3-5-11(14)7-12(23)6-10/h8-12,14,23H,2-7H2,1H3,(H2,19,20,21,22)/t10-,11+,12?,14-. The van der Waals surface area contributed by atoms with E-state index in [1.807, 2.05) is 0 Å². The van der Waals surface area contributed by atoms with Crippen LogP contribution in [0.5, 0.6) is 0 Å². The number of carbonyl (C=O) groups excluding carboxylic acids is 1. The number of aromatic nitrogens is 3. The van der Waals surface area contributed by atoms with E-state index in [9.17, 15) is 9.90 Å². The Labute approximate surface area is 146 Å². The Balaban J connectivity index is 1.71. The predicted molar refractivity (Wildman–Crippen MR) is 93.3 cm³/mol. The lowest BCUT2D eigenvalue weighted by atomic mass is 9.67. The molecule has 134 valence electrons. The number of esters is 1. The molecule has 2 aliphatic rings. The SMILES string of the molecule is CCOC(=O)c1cnc2[nH]cnc2c1N[C@@H]1[C@@H]2CCC[C@H]1CC(O)C2. The Morgan fingerprint density at radius 1 is 1.36 bits per heavy atom. The molecule has 2 fully saturated rings. The second-order valence-corrected chi connectivity index (χ2v) is 7.11. The summed E-state index contributed by atoms with van der Waals surface area (Å²) in [6, 6.07) is 0.243. The van der Waals surface area contributed by atoms with Crippen molar-refractivity contribution in [2.75, 3.05) is 11.9 Å². The number of rotatable bonds is 4. The summed E-state index contributed by atoms with van der Waals surface area (Å²) >= 11 is 0. The number of hydrogen-bond donors (Lipinski definition) is 3. The average Bonchev–Trinajstić information content (AvgIpc) is 3.05. The second-order valence-electron chi connectivity index (χ2n) is 7.11. The van der Waals surface area contributed by atoms with E-state index in [2.05, 4.69) is 20.3 Å². The molecule has 0 aromatic carbocycles. The number of aliphatic hydroxyl groups excluding tert-OH is 1. The lowest BCUT2D eigenvalue weighted by Gasteiger charge is -2.45. The van der Waals surface area contributed by atoms with Crippen LogP contribution in [0.4, 0.5) is 5.69 Å². The van der Waals surface area contributed by atoms with Crippen LogP contribution in [0.15, 0.2) is 12.5 Å². The molecule has 0 aliphatic heterocycles. The summed E-state index contributed by atoms with van der Waals surface area (Å²) < 4.78 is 5.20. The molecule has 2 aliphatic carbocycles. The molecule has 2 saturated carbocycles. The zero-order chi connectivity index (χ0) is 17.4. The lowest BCUT2D eigenvalue weighted by Crippen LogP contribution is -2.46. The first-order chi connectivity index (χ1) is 12.2. The van der Waals surface area contributed by atoms with Crippen molar-refractivity contribution in [2.24, 2.45) is 11.8 Å². The van der Waals surface area contributed by atoms with Crippen molar-refractivity contribution in [3.8, 4) is 0 Å². The number of H-pyrrole nitrogens is 1. The van der Waals surface area contributed by atoms with E-state index in [4.69, 9.17) is 4.74 Å². The molecule has 7 heteroatoms. The third kappa shape index (κ3) is 2.97. The van der Waals surface area contributed by atoms with Crippen LogP contribution in [0, 0.1) is 11.8 Å². The highest BCUT2D eigenvalue weighted by molar-refractivity contribution is 6.02. The Morgan fingerprint density at radius 3 is 2.84 bits per heavy atom. The minimum Gasteiger partial charge on any atom is -0.462 e. The molecular weight excluding hydrogens is 320 g/mol. The van der Waals surface area contributed by atoms with Crippen molar-refractivity contribution in [1.29, 1.82) is 0 Å². The molecule has 0 spiro atoms. The zero-order valence-corrected chi connectivity index (χ0v) is 14.4. The van der Waals surface area contributed by atoms with Crippen molar-refractivity contribution < 1.29 is 14.6 Å². The van der Waals surface area contributed by atoms with Crippen molar-refractivity contribution in [1.82, 2.24) is 15.0 Å². The molecule has 0 amide bonds. The number of ether oxygens (including phenoxy) is 1. The first-order valence-electron chi connectivity index (χ1n) is 9.11. The summed E-state index contributed by atoms with van der Waals surface area (Å²) in [4.78, 5) is 24.0. The summed E-state index contributed by atoms with van der Waals surface area (Å²) in [7, 11) is 0. The number of anilines is 1. The summed E-state index contributed by atoms with van der Waals surface area (Å²) in [5.74, 6) is 0.447. The summed E-state index contributed by atoms with van der Waals surface area (Å²) in [5.41, 5.74) is 2.43. The molecule has 0 saturated heterocycles. The number of imidazole rings is 1. The maximum absolute atomic E-state index is 12.4. The molecular formula is C18H24N4O3. The van der Waals surface area contributed by atoms with Crippen LogP contribution in [0.2, 0.25) is 0 Å². The highest BCUT2D eigenvalue weighted by atomic mass is 16.5. The zero-order valence-electron chi connectivity index (χ0n) is 14.4. The Hall–Kier alpha value is -2.15. The lowest BCUT2D eigenvalue weighted by molar-refractivity contribution is 0.0356. The molecule has 4 rings (SSSR count). The van der Waals surface area contributed by atoms with Gasteiger partial charge in [0.05, 0.1) is 24.7 Å². The number of aromatic amines is 1. The second kappa shape index (κ2) is 6.63. The van der Waals surface area contributed by atoms with Crippen LogP contribution in [0.1, 0.15) is 49.4 Å². The highest BCUT2D eigenvalue weighted by Crippen LogP contribution is 2.42. The normalized spacial score (nSPS) is 28.7. The molecule has 4 atom stereocenters. The van der Waals surface area contributed by atoms with Gasteiger partial charge >= 0.3 is 5.97 Å². The van der Waals surface area contributed by atoms with Gasteiger partial charge in [0.1, 0.15) is 11.1 Å². The van der Waals surface area contributed by atoms with Crippen LogP contribution in [-0.4, -0.2) is 44.8 Å². The van der Waals surface area contributed by atoms with Crippen LogP contribution in [0.25, 0.3) is 11.2 Å². The summed E-state index contributed by atoms with van der Waals surface area (Å²) in [6.07, 6.45) is 7.98. The average molecular weight is 344 g/mol. The van der Waals surface area contributed by atoms with Gasteiger partial charge in [-0.2, -0.15) is 0 Å². The number of fused-ring (bicyclic) bond motifs is 3. The van der Waals surface area contributed by atoms with E-state index in [-0.39, 0.29) is 18.1 Å². The first-order valence-corrected chi connectivity index (χ1v) is 9.11. The Bertz CT molecular complexity index is 761. The first kappa shape index (κ1) is 16.3. The third-order valence-corrected chi connectivity index (χ3v) is 5.57. The van der Waals surface area contributed by atoms with Crippen molar-refractivity contribution in [3.05, 3.63) is 18.1 Å². The fourth-order valence-corrected chi connectivity index (χ4v) is 4.51. The molecule has 7 nitrogen and oxygen atoms in total. The van der Waals surface area contributed by atoms with Crippen LogP contribution >= 0.6 is 0 Å². The van der Waals surface area contributed by atoms with E-state index < -0.39 is 0 Å². The van der Waals surface area contributed by atoms with Gasteiger partial charge in [-0.25, -0.2) is 14.8 Å². The number of aliphatic hydroxyl groups is 1. The highest BCUT2D eigenvalue weighted by Gasteiger charge is 2.40. The van der Waals surface area contributed by atoms with Gasteiger partial charge in [-0.3, -0.25) is 0 Å². The molecule has 2 aromatic rings. The number of carbonyl (C=O) groups is 1. The van der Waals surface area contributed by atoms with Crippen LogP contribution in [-0.2, 0) is 4.74 Å². The van der Waals surface area contributed by atoms with E-state index in [1.54, 1.807) is 19.4 Å². The molecule has 2 bridgehead atoms. The quantitative estimate of drug-likeness (QED) is 0.737. The third-order valence-electron chi connectivity index (χ3n) is 5.57. The molecule has 0 radical (unpaired) electrons. The number of nitrogens with one attached hydrogen (secondary N) is 2. The van der Waals surface area contributed by atoms with E-state index in [1.165, 1.54) is 6.42 Å². The van der Waals surface area contributed by atoms with Crippen molar-refractivity contribution in [3.63, 3.8) is 0 Å². The van der Waals surface area contributed by atoms with Gasteiger partial charge in [0.15, 0.2) is 5.65 Å². The van der Waals surface area contributed by atoms with Crippen LogP contribution < -0.4 is 5.32 Å². The monoisotopic (exact) mass is 344 g/mol. The van der Waals surface area contributed by atoms with Gasteiger partial charge in [0.2, 0.25) is 0 Å². The molecule has 3 N–H and O–H groups in total. The van der Waals surface area contributed by atoms with Gasteiger partial charge in [0, 0.05) is 12.2 Å². The minimum absolute atomic E-state index is 0.208. The topological polar surface area (TPSA) is 100 Å². The van der Waals surface area contributed by atoms with Gasteiger partial charge in [0.25, 0.3) is 0 Å². The summed E-state index contributed by atoms with van der Waals surface area (Å²) in [5, 5.41) is 13.7. The number of nitrogens with zero attached hydrogens (tertiary/aromatic N) is 2. The predicted octanol–water partition coefficient (Wildman–Crippen LogP) is 2.49. The largest absolute Gasteiger partial charge is 0.462 e. The minimum atomic E-state index is -0.386. The fourth-order valence-electron chi connectivity index (χ4n) is 4.51. The number of pyridine rings is 1. The molecule has 2 aromatic heterocycles. The van der Waals surface area contributed by atoms with Crippen molar-refractivity contribution in [2.45, 2.75) is 51.2 Å². The van der Waals surface area contributed by atoms with Gasteiger partial charge in [-0.05, 0) is 44.4 Å². The molecule has 1 unspecified atom stereocenters. The van der Waals surface area contributed by atoms with E-state index in [0.717, 1.165) is 25.7 Å². The maximum atomic E-state index is 12.4. The maximum Gasteiger partial charge on any atom is 0.341 e. The van der Waals surface area contributed by atoms with Crippen molar-refractivity contribution >= 4 is 22.8 Å². The van der Waals surface area contributed by atoms with Gasteiger partial charge < -0.3 is 20.1 Å². The van der Waals surface area contributed by atoms with Gasteiger partial charge in [-0.1, -0.05) is 6.42 Å². The Kier molecular flexibility index (Phi) is 4.33. The van der Waals surface area contributed by atoms with Gasteiger partial charge in [-0.15, -0.1) is 0 Å². The summed E-state index contributed by atoms with van der Waals surface area (Å²) in [6.45, 7) is 2.11. The van der Waals surface area contributed by atoms with E-state index >= 15 is 0 Å². The smallest absolute Gasteiger partial charge is 0.341 e.